The number of ether oxygens (including phenoxy) is 1. The van der Waals surface area contributed by atoms with Crippen LogP contribution < -0.4 is 5.32 Å². The molecule has 1 saturated heterocycles. The van der Waals surface area contributed by atoms with Crippen molar-refractivity contribution in [3.05, 3.63) is 0 Å². The molecule has 1 fully saturated rings. The Morgan fingerprint density at radius 3 is 2.69 bits per heavy atom. The van der Waals surface area contributed by atoms with Gasteiger partial charge in [0.1, 0.15) is 0 Å². The Hall–Kier alpha value is -0.130. The van der Waals surface area contributed by atoms with E-state index in [1.807, 2.05) is 0 Å². The molecule has 0 aromatic heterocycles. The van der Waals surface area contributed by atoms with Crippen molar-refractivity contribution < 1.29 is 13.2 Å². The second-order valence-electron chi connectivity index (χ2n) is 4.68. The lowest BCUT2D eigenvalue weighted by atomic mass is 10.1. The van der Waals surface area contributed by atoms with Crippen molar-refractivity contribution in [3.8, 4) is 0 Å². The van der Waals surface area contributed by atoms with Crippen LogP contribution in [0.2, 0.25) is 0 Å². The molecule has 16 heavy (non-hydrogen) atoms. The molecule has 96 valence electrons. The lowest BCUT2D eigenvalue weighted by molar-refractivity contribution is 0.184. The maximum atomic E-state index is 11.5. The highest BCUT2D eigenvalue weighted by Crippen LogP contribution is 2.14. The summed E-state index contributed by atoms with van der Waals surface area (Å²) in [5.74, 6) is 0.903. The van der Waals surface area contributed by atoms with E-state index < -0.39 is 9.84 Å². The highest BCUT2D eigenvalue weighted by molar-refractivity contribution is 7.92. The van der Waals surface area contributed by atoms with Crippen LogP contribution >= 0.6 is 0 Å². The maximum absolute atomic E-state index is 11.5. The fraction of sp³-hybridized carbons (Fsp3) is 1.00. The molecule has 0 amide bonds. The van der Waals surface area contributed by atoms with E-state index in [9.17, 15) is 8.42 Å². The Morgan fingerprint density at radius 2 is 2.12 bits per heavy atom. The monoisotopic (exact) mass is 249 g/mol. The first kappa shape index (κ1) is 13.9. The first-order chi connectivity index (χ1) is 7.52. The Bertz CT molecular complexity index is 282. The summed E-state index contributed by atoms with van der Waals surface area (Å²) >= 11 is 0. The van der Waals surface area contributed by atoms with Crippen molar-refractivity contribution in [3.63, 3.8) is 0 Å². The Morgan fingerprint density at radius 1 is 1.38 bits per heavy atom. The van der Waals surface area contributed by atoms with E-state index in [0.717, 1.165) is 32.6 Å². The fourth-order valence-corrected chi connectivity index (χ4v) is 2.59. The van der Waals surface area contributed by atoms with Gasteiger partial charge in [-0.3, -0.25) is 0 Å². The Kier molecular flexibility index (Phi) is 5.72. The summed E-state index contributed by atoms with van der Waals surface area (Å²) in [7, 11) is -2.88. The van der Waals surface area contributed by atoms with Crippen molar-refractivity contribution in [1.29, 1.82) is 0 Å². The normalized spacial score (nSPS) is 21.8. The first-order valence-electron chi connectivity index (χ1n) is 6.02. The molecule has 1 heterocycles. The predicted octanol–water partition coefficient (Wildman–Crippen LogP) is 0.826. The van der Waals surface area contributed by atoms with Crippen LogP contribution in [0.3, 0.4) is 0 Å². The van der Waals surface area contributed by atoms with E-state index in [0.29, 0.717) is 12.5 Å². The van der Waals surface area contributed by atoms with E-state index in [1.165, 1.54) is 0 Å². The molecular weight excluding hydrogens is 226 g/mol. The standard InChI is InChI=1S/C11H23NO3S/c1-10(2)16(13,14)8-6-12-5-3-11-4-7-15-9-11/h10-12H,3-9H2,1-2H3. The van der Waals surface area contributed by atoms with Gasteiger partial charge in [0, 0.05) is 19.8 Å². The fourth-order valence-electron chi connectivity index (χ4n) is 1.69. The highest BCUT2D eigenvalue weighted by Gasteiger charge is 2.16. The molecule has 0 aromatic rings. The van der Waals surface area contributed by atoms with Gasteiger partial charge in [0.15, 0.2) is 9.84 Å². The van der Waals surface area contributed by atoms with E-state index >= 15 is 0 Å². The van der Waals surface area contributed by atoms with Gasteiger partial charge in [-0.05, 0) is 39.2 Å². The number of hydrogen-bond acceptors (Lipinski definition) is 4. The van der Waals surface area contributed by atoms with Gasteiger partial charge in [-0.1, -0.05) is 0 Å². The van der Waals surface area contributed by atoms with E-state index in [-0.39, 0.29) is 11.0 Å². The van der Waals surface area contributed by atoms with E-state index in [1.54, 1.807) is 13.8 Å². The van der Waals surface area contributed by atoms with Crippen molar-refractivity contribution in [2.24, 2.45) is 5.92 Å². The summed E-state index contributed by atoms with van der Waals surface area (Å²) in [6, 6.07) is 0. The molecule has 0 aliphatic carbocycles. The summed E-state index contributed by atoms with van der Waals surface area (Å²) in [5, 5.41) is 2.92. The largest absolute Gasteiger partial charge is 0.381 e. The molecule has 0 bridgehead atoms. The maximum Gasteiger partial charge on any atom is 0.153 e. The zero-order valence-corrected chi connectivity index (χ0v) is 11.1. The molecule has 1 aliphatic heterocycles. The smallest absolute Gasteiger partial charge is 0.153 e. The summed E-state index contributed by atoms with van der Waals surface area (Å²) in [6.45, 7) is 6.66. The Balaban J connectivity index is 2.03. The predicted molar refractivity (Wildman–Crippen MR) is 65.3 cm³/mol. The summed E-state index contributed by atoms with van der Waals surface area (Å²) in [6.07, 6.45) is 2.23. The molecule has 1 N–H and O–H groups in total. The summed E-state index contributed by atoms with van der Waals surface area (Å²) < 4.78 is 28.3. The molecule has 1 unspecified atom stereocenters. The van der Waals surface area contributed by atoms with Crippen molar-refractivity contribution in [1.82, 2.24) is 5.32 Å². The van der Waals surface area contributed by atoms with Crippen LogP contribution in [0, 0.1) is 5.92 Å². The van der Waals surface area contributed by atoms with Gasteiger partial charge in [-0.2, -0.15) is 0 Å². The second kappa shape index (κ2) is 6.57. The summed E-state index contributed by atoms with van der Waals surface area (Å²) in [4.78, 5) is 0. The van der Waals surface area contributed by atoms with Gasteiger partial charge in [0.05, 0.1) is 11.0 Å². The minimum atomic E-state index is -2.88. The molecule has 1 atom stereocenters. The molecule has 1 rings (SSSR count). The third-order valence-electron chi connectivity index (χ3n) is 3.03. The van der Waals surface area contributed by atoms with Crippen molar-refractivity contribution >= 4 is 9.84 Å². The average Bonchev–Trinajstić information content (AvgIpc) is 2.69. The number of hydrogen-bond donors (Lipinski definition) is 1. The van der Waals surface area contributed by atoms with Crippen LogP contribution in [0.1, 0.15) is 26.7 Å². The molecular formula is C11H23NO3S. The topological polar surface area (TPSA) is 55.4 Å². The second-order valence-corrected chi connectivity index (χ2v) is 7.36. The van der Waals surface area contributed by atoms with E-state index in [4.69, 9.17) is 4.74 Å². The first-order valence-corrected chi connectivity index (χ1v) is 7.74. The van der Waals surface area contributed by atoms with Crippen LogP contribution in [0.5, 0.6) is 0 Å². The number of sulfone groups is 1. The van der Waals surface area contributed by atoms with Gasteiger partial charge in [-0.25, -0.2) is 8.42 Å². The van der Waals surface area contributed by atoms with Crippen LogP contribution in [-0.2, 0) is 14.6 Å². The Labute approximate surface area is 98.7 Å². The highest BCUT2D eigenvalue weighted by atomic mass is 32.2. The summed E-state index contributed by atoms with van der Waals surface area (Å²) in [5.41, 5.74) is 0. The quantitative estimate of drug-likeness (QED) is 0.679. The average molecular weight is 249 g/mol. The van der Waals surface area contributed by atoms with Gasteiger partial charge >= 0.3 is 0 Å². The van der Waals surface area contributed by atoms with Crippen LogP contribution in [0.15, 0.2) is 0 Å². The van der Waals surface area contributed by atoms with Crippen LogP contribution in [-0.4, -0.2) is 45.7 Å². The van der Waals surface area contributed by atoms with Gasteiger partial charge < -0.3 is 10.1 Å². The SMILES string of the molecule is CC(C)S(=O)(=O)CCNCCC1CCOC1. The van der Waals surface area contributed by atoms with Gasteiger partial charge in [-0.15, -0.1) is 0 Å². The van der Waals surface area contributed by atoms with Crippen LogP contribution in [0.4, 0.5) is 0 Å². The molecule has 4 nitrogen and oxygen atoms in total. The lowest BCUT2D eigenvalue weighted by Crippen LogP contribution is -2.28. The molecule has 1 aliphatic rings. The zero-order chi connectivity index (χ0) is 12.0. The minimum absolute atomic E-state index is 0.242. The minimum Gasteiger partial charge on any atom is -0.381 e. The van der Waals surface area contributed by atoms with Gasteiger partial charge in [0.25, 0.3) is 0 Å². The third kappa shape index (κ3) is 4.80. The van der Waals surface area contributed by atoms with Crippen molar-refractivity contribution in [2.75, 3.05) is 32.1 Å². The van der Waals surface area contributed by atoms with Crippen molar-refractivity contribution in [2.45, 2.75) is 31.9 Å². The number of nitrogens with one attached hydrogen (secondary N) is 1. The molecule has 0 spiro atoms. The molecule has 0 aromatic carbocycles. The zero-order valence-electron chi connectivity index (χ0n) is 10.2. The number of rotatable bonds is 7. The van der Waals surface area contributed by atoms with Crippen LogP contribution in [0.25, 0.3) is 0 Å². The van der Waals surface area contributed by atoms with Gasteiger partial charge in [0.2, 0.25) is 0 Å². The molecule has 5 heteroatoms. The van der Waals surface area contributed by atoms with E-state index in [2.05, 4.69) is 5.32 Å². The molecule has 0 saturated carbocycles. The third-order valence-corrected chi connectivity index (χ3v) is 5.24. The lowest BCUT2D eigenvalue weighted by Gasteiger charge is -2.10. The molecule has 0 radical (unpaired) electrons.